The highest BCUT2D eigenvalue weighted by Gasteiger charge is 2.09. The Kier molecular flexibility index (Phi) is 10.6. The number of benzene rings is 1. The van der Waals surface area contributed by atoms with Crippen LogP contribution in [0.5, 0.6) is 5.75 Å². The molecule has 1 atom stereocenters. The SMILES string of the molecule is CCNC(=NCc1ccc(-n2ccnc2C)nc1)NCc1ccc(C)cc1OC(C)CC.I. The van der Waals surface area contributed by atoms with Crippen LogP contribution in [0.4, 0.5) is 0 Å². The third kappa shape index (κ3) is 7.73. The highest BCUT2D eigenvalue weighted by Crippen LogP contribution is 2.22. The van der Waals surface area contributed by atoms with Gasteiger partial charge >= 0.3 is 0 Å². The molecule has 3 aromatic rings. The number of nitrogens with one attached hydrogen (secondary N) is 2. The van der Waals surface area contributed by atoms with Crippen LogP contribution in [0.2, 0.25) is 0 Å². The summed E-state index contributed by atoms with van der Waals surface area (Å²) in [6.07, 6.45) is 6.70. The fourth-order valence-electron chi connectivity index (χ4n) is 3.18. The van der Waals surface area contributed by atoms with E-state index in [0.29, 0.717) is 13.1 Å². The lowest BCUT2D eigenvalue weighted by Crippen LogP contribution is -2.37. The van der Waals surface area contributed by atoms with Crippen LogP contribution in [0, 0.1) is 13.8 Å². The molecule has 0 spiro atoms. The van der Waals surface area contributed by atoms with E-state index in [1.54, 1.807) is 6.20 Å². The van der Waals surface area contributed by atoms with Gasteiger partial charge in [-0.1, -0.05) is 25.1 Å². The van der Waals surface area contributed by atoms with Crippen molar-refractivity contribution in [3.63, 3.8) is 0 Å². The molecule has 0 radical (unpaired) electrons. The minimum absolute atomic E-state index is 0. The molecule has 0 aliphatic carbocycles. The Balaban J connectivity index is 0.00000385. The normalized spacial score (nSPS) is 12.1. The lowest BCUT2D eigenvalue weighted by molar-refractivity contribution is 0.215. The van der Waals surface area contributed by atoms with E-state index in [4.69, 9.17) is 9.73 Å². The largest absolute Gasteiger partial charge is 0.490 e. The van der Waals surface area contributed by atoms with Gasteiger partial charge in [0.1, 0.15) is 17.4 Å². The van der Waals surface area contributed by atoms with Crippen molar-refractivity contribution in [2.45, 2.75) is 60.2 Å². The van der Waals surface area contributed by atoms with Crippen molar-refractivity contribution in [3.8, 4) is 11.6 Å². The molecule has 2 aromatic heterocycles. The van der Waals surface area contributed by atoms with E-state index in [9.17, 15) is 0 Å². The Morgan fingerprint density at radius 2 is 1.94 bits per heavy atom. The quantitative estimate of drug-likeness (QED) is 0.220. The van der Waals surface area contributed by atoms with Crippen molar-refractivity contribution in [1.82, 2.24) is 25.2 Å². The average molecular weight is 563 g/mol. The zero-order chi connectivity index (χ0) is 22.9. The van der Waals surface area contributed by atoms with E-state index in [-0.39, 0.29) is 30.1 Å². The Hall–Kier alpha value is -2.62. The van der Waals surface area contributed by atoms with Crippen LogP contribution in [0.3, 0.4) is 0 Å². The lowest BCUT2D eigenvalue weighted by atomic mass is 10.1. The fraction of sp³-hybridized carbons (Fsp3) is 0.400. The van der Waals surface area contributed by atoms with Crippen molar-refractivity contribution in [3.05, 3.63) is 71.4 Å². The first-order valence-corrected chi connectivity index (χ1v) is 11.2. The van der Waals surface area contributed by atoms with Crippen molar-refractivity contribution in [2.75, 3.05) is 6.54 Å². The van der Waals surface area contributed by atoms with Crippen molar-refractivity contribution >= 4 is 29.9 Å². The molecule has 2 heterocycles. The third-order valence-electron chi connectivity index (χ3n) is 5.22. The van der Waals surface area contributed by atoms with Crippen molar-refractivity contribution in [1.29, 1.82) is 0 Å². The summed E-state index contributed by atoms with van der Waals surface area (Å²) in [4.78, 5) is 13.5. The number of hydrogen-bond acceptors (Lipinski definition) is 4. The highest BCUT2D eigenvalue weighted by atomic mass is 127. The molecule has 178 valence electrons. The monoisotopic (exact) mass is 562 g/mol. The molecule has 2 N–H and O–H groups in total. The van der Waals surface area contributed by atoms with E-state index in [1.807, 2.05) is 36.0 Å². The van der Waals surface area contributed by atoms with Crippen molar-refractivity contribution < 1.29 is 4.74 Å². The van der Waals surface area contributed by atoms with Crippen LogP contribution in [-0.2, 0) is 13.1 Å². The number of nitrogens with zero attached hydrogens (tertiary/aromatic N) is 4. The van der Waals surface area contributed by atoms with Crippen LogP contribution >= 0.6 is 24.0 Å². The first kappa shape index (κ1) is 26.6. The molecule has 1 unspecified atom stereocenters. The Morgan fingerprint density at radius 3 is 2.58 bits per heavy atom. The molecule has 3 rings (SSSR count). The van der Waals surface area contributed by atoms with Gasteiger partial charge in [-0.05, 0) is 57.4 Å². The number of imidazole rings is 1. The Morgan fingerprint density at radius 1 is 1.12 bits per heavy atom. The maximum Gasteiger partial charge on any atom is 0.191 e. The molecule has 7 nitrogen and oxygen atoms in total. The van der Waals surface area contributed by atoms with Gasteiger partial charge < -0.3 is 15.4 Å². The number of halogens is 1. The summed E-state index contributed by atoms with van der Waals surface area (Å²) < 4.78 is 8.09. The van der Waals surface area contributed by atoms with Crippen molar-refractivity contribution in [2.24, 2.45) is 4.99 Å². The van der Waals surface area contributed by atoms with E-state index in [1.165, 1.54) is 5.56 Å². The second kappa shape index (κ2) is 13.2. The highest BCUT2D eigenvalue weighted by molar-refractivity contribution is 14.0. The Bertz CT molecular complexity index is 1030. The summed E-state index contributed by atoms with van der Waals surface area (Å²) in [5.74, 6) is 3.45. The summed E-state index contributed by atoms with van der Waals surface area (Å²) in [5.41, 5.74) is 3.34. The first-order chi connectivity index (χ1) is 15.5. The second-order valence-electron chi connectivity index (χ2n) is 7.87. The molecule has 1 aromatic carbocycles. The summed E-state index contributed by atoms with van der Waals surface area (Å²) >= 11 is 0. The van der Waals surface area contributed by atoms with E-state index in [0.717, 1.165) is 47.4 Å². The number of pyridine rings is 1. The number of guanidine groups is 1. The molecule has 0 bridgehead atoms. The smallest absolute Gasteiger partial charge is 0.191 e. The van der Waals surface area contributed by atoms with Gasteiger partial charge in [0.15, 0.2) is 5.96 Å². The molecule has 0 aliphatic rings. The van der Waals surface area contributed by atoms with Gasteiger partial charge in [-0.3, -0.25) is 4.57 Å². The minimum Gasteiger partial charge on any atom is -0.490 e. The average Bonchev–Trinajstić information content (AvgIpc) is 3.22. The number of ether oxygens (including phenoxy) is 1. The molecule has 0 fully saturated rings. The molecule has 8 heteroatoms. The van der Waals surface area contributed by atoms with Gasteiger partial charge in [-0.25, -0.2) is 15.0 Å². The second-order valence-corrected chi connectivity index (χ2v) is 7.87. The third-order valence-corrected chi connectivity index (χ3v) is 5.22. The lowest BCUT2D eigenvalue weighted by Gasteiger charge is -2.18. The zero-order valence-electron chi connectivity index (χ0n) is 20.1. The van der Waals surface area contributed by atoms with E-state index < -0.39 is 0 Å². The number of aliphatic imine (C=N–C) groups is 1. The summed E-state index contributed by atoms with van der Waals surface area (Å²) in [6, 6.07) is 10.4. The number of aromatic nitrogens is 3. The topological polar surface area (TPSA) is 76.4 Å². The maximum atomic E-state index is 6.13. The Labute approximate surface area is 214 Å². The summed E-state index contributed by atoms with van der Waals surface area (Å²) in [6.45, 7) is 12.3. The zero-order valence-corrected chi connectivity index (χ0v) is 22.5. The van der Waals surface area contributed by atoms with Crippen LogP contribution in [0.1, 0.15) is 49.7 Å². The minimum atomic E-state index is 0. The van der Waals surface area contributed by atoms with Gasteiger partial charge in [0.2, 0.25) is 0 Å². The summed E-state index contributed by atoms with van der Waals surface area (Å²) in [5, 5.41) is 6.74. The summed E-state index contributed by atoms with van der Waals surface area (Å²) in [7, 11) is 0. The molecule has 0 amide bonds. The molecule has 0 saturated carbocycles. The van der Waals surface area contributed by atoms with Gasteiger partial charge in [0, 0.05) is 37.2 Å². The number of rotatable bonds is 9. The van der Waals surface area contributed by atoms with Gasteiger partial charge in [-0.15, -0.1) is 24.0 Å². The van der Waals surface area contributed by atoms with E-state index >= 15 is 0 Å². The van der Waals surface area contributed by atoms with Crippen LogP contribution < -0.4 is 15.4 Å². The standard InChI is InChI=1S/C25H34N6O.HI/c1-6-19(4)32-23-14-18(3)8-10-22(23)17-30-25(26-7-2)29-16-21-9-11-24(28-15-21)31-13-12-27-20(31)5;/h8-15,19H,6-7,16-17H2,1-5H3,(H2,26,29,30);1H. The molecular formula is C25H35IN6O. The predicted octanol–water partition coefficient (Wildman–Crippen LogP) is 4.93. The van der Waals surface area contributed by atoms with Crippen LogP contribution in [0.15, 0.2) is 53.9 Å². The molecule has 0 aliphatic heterocycles. The van der Waals surface area contributed by atoms with Gasteiger partial charge in [0.25, 0.3) is 0 Å². The first-order valence-electron chi connectivity index (χ1n) is 11.2. The number of hydrogen-bond donors (Lipinski definition) is 2. The predicted molar refractivity (Wildman–Crippen MR) is 145 cm³/mol. The molecular weight excluding hydrogens is 527 g/mol. The fourth-order valence-corrected chi connectivity index (χ4v) is 3.18. The van der Waals surface area contributed by atoms with Gasteiger partial charge in [-0.2, -0.15) is 0 Å². The van der Waals surface area contributed by atoms with Crippen LogP contribution in [-0.4, -0.2) is 33.1 Å². The van der Waals surface area contributed by atoms with E-state index in [2.05, 4.69) is 66.5 Å². The molecule has 33 heavy (non-hydrogen) atoms. The molecule has 0 saturated heterocycles. The van der Waals surface area contributed by atoms with Gasteiger partial charge in [0.05, 0.1) is 12.6 Å². The number of aryl methyl sites for hydroxylation is 2. The maximum absolute atomic E-state index is 6.13. The van der Waals surface area contributed by atoms with Crippen LogP contribution in [0.25, 0.3) is 5.82 Å².